The molecule has 0 saturated heterocycles. The van der Waals surface area contributed by atoms with Crippen LogP contribution in [0.15, 0.2) is 47.3 Å². The van der Waals surface area contributed by atoms with Gasteiger partial charge >= 0.3 is 0 Å². The Kier molecular flexibility index (Phi) is 4.09. The maximum absolute atomic E-state index is 14.4. The highest BCUT2D eigenvalue weighted by Crippen LogP contribution is 2.36. The molecule has 0 spiro atoms. The van der Waals surface area contributed by atoms with Gasteiger partial charge in [0.05, 0.1) is 17.8 Å². The van der Waals surface area contributed by atoms with Gasteiger partial charge in [0.1, 0.15) is 17.6 Å². The van der Waals surface area contributed by atoms with E-state index in [1.54, 1.807) is 18.2 Å². The largest absolute Gasteiger partial charge is 0.442 e. The van der Waals surface area contributed by atoms with Crippen molar-refractivity contribution >= 4 is 17.1 Å². The number of anilines is 2. The van der Waals surface area contributed by atoms with E-state index in [9.17, 15) is 4.39 Å². The minimum absolute atomic E-state index is 0.0711. The van der Waals surface area contributed by atoms with Crippen LogP contribution in [-0.2, 0) is 6.42 Å². The van der Waals surface area contributed by atoms with Crippen LogP contribution in [-0.4, -0.2) is 10.7 Å². The Hall–Kier alpha value is -3.66. The minimum Gasteiger partial charge on any atom is -0.442 e. The number of halogens is 1. The van der Waals surface area contributed by atoms with E-state index >= 15 is 0 Å². The third-order valence-corrected chi connectivity index (χ3v) is 4.80. The summed E-state index contributed by atoms with van der Waals surface area (Å²) in [5, 5.41) is 20.6. The van der Waals surface area contributed by atoms with Gasteiger partial charge in [0.2, 0.25) is 0 Å². The average Bonchev–Trinajstić information content (AvgIpc) is 3.34. The Morgan fingerprint density at radius 2 is 2.22 bits per heavy atom. The molecule has 1 heterocycles. The van der Waals surface area contributed by atoms with Gasteiger partial charge in [-0.25, -0.2) is 9.37 Å². The lowest BCUT2D eigenvalue weighted by Crippen LogP contribution is -2.10. The van der Waals surface area contributed by atoms with Crippen molar-refractivity contribution in [2.24, 2.45) is 0 Å². The van der Waals surface area contributed by atoms with Crippen molar-refractivity contribution < 1.29 is 8.81 Å². The summed E-state index contributed by atoms with van der Waals surface area (Å²) < 4.78 is 19.5. The van der Waals surface area contributed by atoms with E-state index in [-0.39, 0.29) is 17.3 Å². The third-order valence-electron chi connectivity index (χ3n) is 4.80. The molecule has 134 valence electrons. The second-order valence-electron chi connectivity index (χ2n) is 6.38. The molecule has 0 amide bonds. The Morgan fingerprint density at radius 3 is 2.96 bits per heavy atom. The molecular weight excluding hydrogens is 345 g/mol. The molecule has 1 aliphatic carbocycles. The quantitative estimate of drug-likeness (QED) is 0.483. The lowest BCUT2D eigenvalue weighted by Gasteiger charge is -2.17. The summed E-state index contributed by atoms with van der Waals surface area (Å²) in [5.41, 5.74) is 9.45. The first-order valence-corrected chi connectivity index (χ1v) is 8.43. The van der Waals surface area contributed by atoms with Crippen molar-refractivity contribution in [1.29, 1.82) is 10.7 Å². The van der Waals surface area contributed by atoms with Gasteiger partial charge in [-0.15, -0.1) is 0 Å². The summed E-state index contributed by atoms with van der Waals surface area (Å²) in [6.07, 6.45) is 4.02. The smallest absolute Gasteiger partial charge is 0.181 e. The first-order valence-electron chi connectivity index (χ1n) is 8.43. The highest BCUT2D eigenvalue weighted by molar-refractivity contribution is 6.12. The minimum atomic E-state index is -0.426. The number of fused-ring (bicyclic) bond motifs is 1. The van der Waals surface area contributed by atoms with Crippen LogP contribution in [0.1, 0.15) is 40.5 Å². The highest BCUT2D eigenvalue weighted by atomic mass is 19.1. The average molecular weight is 361 g/mol. The van der Waals surface area contributed by atoms with E-state index < -0.39 is 5.82 Å². The molecule has 0 unspecified atom stereocenters. The summed E-state index contributed by atoms with van der Waals surface area (Å²) in [5.74, 6) is -0.0967. The van der Waals surface area contributed by atoms with Crippen LogP contribution in [0, 0.1) is 22.6 Å². The van der Waals surface area contributed by atoms with E-state index in [1.807, 2.05) is 12.1 Å². The van der Waals surface area contributed by atoms with E-state index in [0.717, 1.165) is 17.7 Å². The van der Waals surface area contributed by atoms with Crippen molar-refractivity contribution in [2.75, 3.05) is 11.1 Å². The monoisotopic (exact) mass is 361 g/mol. The summed E-state index contributed by atoms with van der Waals surface area (Å²) in [6.45, 7) is 0. The molecule has 2 aromatic carbocycles. The van der Waals surface area contributed by atoms with Crippen LogP contribution in [0.5, 0.6) is 0 Å². The fourth-order valence-electron chi connectivity index (χ4n) is 3.43. The summed E-state index contributed by atoms with van der Waals surface area (Å²) >= 11 is 0. The van der Waals surface area contributed by atoms with Gasteiger partial charge in [-0.1, -0.05) is 6.07 Å². The number of nitrogens with two attached hydrogens (primary N) is 1. The van der Waals surface area contributed by atoms with Crippen LogP contribution in [0.3, 0.4) is 0 Å². The van der Waals surface area contributed by atoms with Crippen LogP contribution < -0.4 is 11.1 Å². The summed E-state index contributed by atoms with van der Waals surface area (Å²) in [6, 6.07) is 10.4. The summed E-state index contributed by atoms with van der Waals surface area (Å²) in [4.78, 5) is 3.83. The number of nitriles is 1. The van der Waals surface area contributed by atoms with Crippen molar-refractivity contribution in [3.8, 4) is 6.07 Å². The topological polar surface area (TPSA) is 112 Å². The molecule has 1 aromatic heterocycles. The first-order chi connectivity index (χ1) is 13.1. The fraction of sp³-hybridized carbons (Fsp3) is 0.150. The second kappa shape index (κ2) is 6.57. The molecule has 0 aliphatic heterocycles. The zero-order valence-corrected chi connectivity index (χ0v) is 14.3. The van der Waals surface area contributed by atoms with Gasteiger partial charge in [-0.3, -0.25) is 5.41 Å². The molecule has 1 aliphatic rings. The number of aromatic nitrogens is 1. The van der Waals surface area contributed by atoms with Crippen LogP contribution in [0.4, 0.5) is 15.8 Å². The van der Waals surface area contributed by atoms with Crippen molar-refractivity contribution in [3.05, 3.63) is 76.8 Å². The van der Waals surface area contributed by atoms with E-state index in [0.29, 0.717) is 29.0 Å². The molecule has 4 rings (SSSR count). The molecule has 0 radical (unpaired) electrons. The predicted octanol–water partition coefficient (Wildman–Crippen LogP) is 3.78. The molecule has 4 N–H and O–H groups in total. The Balaban J connectivity index is 1.62. The van der Waals surface area contributed by atoms with Crippen molar-refractivity contribution in [2.45, 2.75) is 18.9 Å². The fourth-order valence-corrected chi connectivity index (χ4v) is 3.43. The normalized spacial score (nSPS) is 15.2. The van der Waals surface area contributed by atoms with Gasteiger partial charge < -0.3 is 15.5 Å². The number of hydrogen-bond acceptors (Lipinski definition) is 6. The van der Waals surface area contributed by atoms with Gasteiger partial charge in [0.25, 0.3) is 0 Å². The number of rotatable bonds is 4. The maximum Gasteiger partial charge on any atom is 0.181 e. The van der Waals surface area contributed by atoms with E-state index in [1.165, 1.54) is 18.7 Å². The van der Waals surface area contributed by atoms with Crippen molar-refractivity contribution in [1.82, 2.24) is 4.98 Å². The van der Waals surface area contributed by atoms with Crippen LogP contribution in [0.2, 0.25) is 0 Å². The Bertz CT molecular complexity index is 1070. The number of oxazole rings is 1. The molecule has 3 aromatic rings. The predicted molar refractivity (Wildman–Crippen MR) is 99.1 cm³/mol. The number of nitrogens with zero attached hydrogens (tertiary/aromatic N) is 2. The molecule has 1 atom stereocenters. The SMILES string of the molecule is N#Cc1ccc2c(c1F)CC[C@H]2Nc1ccc(N)c(C(=N)c2cnco2)c1. The standard InChI is InChI=1S/C20H16FN5O/c21-19-11(8-22)1-3-13-14(19)4-6-17(13)26-12-2-5-16(23)15(7-12)20(24)18-9-25-10-27-18/h1-3,5,7,9-10,17,24,26H,4,6,23H2/t17-/m1/s1. The molecule has 6 nitrogen and oxygen atoms in total. The van der Waals surface area contributed by atoms with E-state index in [4.69, 9.17) is 20.8 Å². The molecular formula is C20H16FN5O. The number of hydrogen-bond donors (Lipinski definition) is 3. The second-order valence-corrected chi connectivity index (χ2v) is 6.38. The molecule has 27 heavy (non-hydrogen) atoms. The molecule has 0 bridgehead atoms. The number of nitrogens with one attached hydrogen (secondary N) is 2. The van der Waals surface area contributed by atoms with Crippen LogP contribution in [0.25, 0.3) is 0 Å². The lowest BCUT2D eigenvalue weighted by atomic mass is 10.0. The third kappa shape index (κ3) is 2.91. The van der Waals surface area contributed by atoms with Crippen LogP contribution >= 0.6 is 0 Å². The zero-order chi connectivity index (χ0) is 19.0. The lowest BCUT2D eigenvalue weighted by molar-refractivity contribution is 0.548. The molecule has 0 fully saturated rings. The summed E-state index contributed by atoms with van der Waals surface area (Å²) in [7, 11) is 0. The van der Waals surface area contributed by atoms with Gasteiger partial charge in [-0.05, 0) is 48.2 Å². The Labute approximate surface area is 155 Å². The van der Waals surface area contributed by atoms with Crippen molar-refractivity contribution in [3.63, 3.8) is 0 Å². The highest BCUT2D eigenvalue weighted by Gasteiger charge is 2.26. The first kappa shape index (κ1) is 16.8. The maximum atomic E-state index is 14.4. The zero-order valence-electron chi connectivity index (χ0n) is 14.3. The number of nitrogen functional groups attached to an aromatic ring is 1. The Morgan fingerprint density at radius 1 is 1.37 bits per heavy atom. The van der Waals surface area contributed by atoms with Gasteiger partial charge in [0.15, 0.2) is 12.2 Å². The molecule has 0 saturated carbocycles. The molecule has 7 heteroatoms. The van der Waals surface area contributed by atoms with E-state index in [2.05, 4.69) is 10.3 Å². The van der Waals surface area contributed by atoms with Gasteiger partial charge in [0, 0.05) is 16.9 Å². The number of benzene rings is 2. The van der Waals surface area contributed by atoms with Gasteiger partial charge in [-0.2, -0.15) is 5.26 Å².